The van der Waals surface area contributed by atoms with Crippen LogP contribution in [0.15, 0.2) is 66.7 Å². The van der Waals surface area contributed by atoms with Gasteiger partial charge in [-0.2, -0.15) is 0 Å². The molecule has 8 nitrogen and oxygen atoms in total. The maximum Gasteiger partial charge on any atom is 0.410 e. The molecule has 1 saturated heterocycles. The van der Waals surface area contributed by atoms with Crippen LogP contribution in [0.4, 0.5) is 10.5 Å². The summed E-state index contributed by atoms with van der Waals surface area (Å²) < 4.78 is 29.5. The molecule has 0 radical (unpaired) electrons. The fraction of sp³-hybridized carbons (Fsp3) is 0.486. The Morgan fingerprint density at radius 3 is 2.62 bits per heavy atom. The summed E-state index contributed by atoms with van der Waals surface area (Å²) in [6, 6.07) is 22.8. The highest BCUT2D eigenvalue weighted by Gasteiger charge is 2.35. The summed E-state index contributed by atoms with van der Waals surface area (Å²) in [5, 5.41) is 3.51. The van der Waals surface area contributed by atoms with Gasteiger partial charge in [-0.05, 0) is 81.0 Å². The number of amides is 1. The number of nitrogens with zero attached hydrogens (tertiary/aromatic N) is 1. The molecule has 0 aromatic heterocycles. The van der Waals surface area contributed by atoms with Gasteiger partial charge in [0.05, 0.1) is 46.2 Å². The molecule has 1 amide bonds. The van der Waals surface area contributed by atoms with Crippen LogP contribution in [0.2, 0.25) is 0 Å². The van der Waals surface area contributed by atoms with E-state index in [2.05, 4.69) is 35.6 Å². The zero-order valence-electron chi connectivity index (χ0n) is 27.2. The lowest BCUT2D eigenvalue weighted by molar-refractivity contribution is -0.0359. The van der Waals surface area contributed by atoms with E-state index >= 15 is 0 Å². The van der Waals surface area contributed by atoms with Crippen LogP contribution in [0.25, 0.3) is 0 Å². The predicted octanol–water partition coefficient (Wildman–Crippen LogP) is 7.35. The van der Waals surface area contributed by atoms with E-state index in [1.54, 1.807) is 12.0 Å². The van der Waals surface area contributed by atoms with E-state index in [0.717, 1.165) is 54.9 Å². The van der Waals surface area contributed by atoms with E-state index in [-0.39, 0.29) is 18.1 Å². The second-order valence-corrected chi connectivity index (χ2v) is 12.8. The molecule has 242 valence electrons. The molecular weight excluding hydrogens is 568 g/mol. The number of aryl methyl sites for hydroxylation is 1. The van der Waals surface area contributed by atoms with Crippen LogP contribution < -0.4 is 14.8 Å². The molecule has 2 aliphatic heterocycles. The summed E-state index contributed by atoms with van der Waals surface area (Å²) in [4.78, 5) is 14.7. The number of hydrogen-bond acceptors (Lipinski definition) is 7. The topological polar surface area (TPSA) is 78.5 Å². The Morgan fingerprint density at radius 1 is 1.00 bits per heavy atom. The van der Waals surface area contributed by atoms with Crippen molar-refractivity contribution in [2.75, 3.05) is 45.3 Å². The van der Waals surface area contributed by atoms with Crippen LogP contribution in [0.3, 0.4) is 0 Å². The van der Waals surface area contributed by atoms with Crippen LogP contribution in [0.1, 0.15) is 68.2 Å². The van der Waals surface area contributed by atoms with Gasteiger partial charge in [0.15, 0.2) is 0 Å². The van der Waals surface area contributed by atoms with Gasteiger partial charge < -0.3 is 33.9 Å². The van der Waals surface area contributed by atoms with E-state index in [9.17, 15) is 4.79 Å². The van der Waals surface area contributed by atoms with Crippen LogP contribution in [-0.2, 0) is 33.8 Å². The Morgan fingerprint density at radius 2 is 1.82 bits per heavy atom. The number of methoxy groups -OCH3 is 1. The molecule has 0 spiro atoms. The predicted molar refractivity (Wildman–Crippen MR) is 176 cm³/mol. The largest absolute Gasteiger partial charge is 0.496 e. The van der Waals surface area contributed by atoms with Crippen molar-refractivity contribution in [3.63, 3.8) is 0 Å². The minimum Gasteiger partial charge on any atom is -0.496 e. The minimum atomic E-state index is -0.544. The Bertz CT molecular complexity index is 1390. The van der Waals surface area contributed by atoms with Gasteiger partial charge in [0.25, 0.3) is 0 Å². The van der Waals surface area contributed by atoms with Gasteiger partial charge in [-0.25, -0.2) is 4.79 Å². The van der Waals surface area contributed by atoms with Gasteiger partial charge in [-0.15, -0.1) is 0 Å². The number of fused-ring (bicyclic) bond motifs is 1. The number of para-hydroxylation sites is 1. The summed E-state index contributed by atoms with van der Waals surface area (Å²) in [7, 11) is 1.67. The van der Waals surface area contributed by atoms with Crippen molar-refractivity contribution in [3.8, 4) is 11.5 Å². The van der Waals surface area contributed by atoms with E-state index in [4.69, 9.17) is 23.7 Å². The maximum atomic E-state index is 13.0. The van der Waals surface area contributed by atoms with E-state index in [1.807, 2.05) is 57.2 Å². The summed E-state index contributed by atoms with van der Waals surface area (Å²) in [5.74, 6) is 1.82. The molecule has 0 saturated carbocycles. The molecular formula is C37H48N2O6. The zero-order chi connectivity index (χ0) is 31.6. The second-order valence-electron chi connectivity index (χ2n) is 12.8. The van der Waals surface area contributed by atoms with E-state index in [1.165, 1.54) is 16.8 Å². The number of rotatable bonds is 12. The number of nitrogens with one attached hydrogen (secondary N) is 1. The van der Waals surface area contributed by atoms with Gasteiger partial charge >= 0.3 is 6.09 Å². The zero-order valence-corrected chi connectivity index (χ0v) is 27.2. The van der Waals surface area contributed by atoms with E-state index in [0.29, 0.717) is 39.5 Å². The lowest BCUT2D eigenvalue weighted by Gasteiger charge is -2.39. The first kappa shape index (κ1) is 32.6. The molecule has 2 aliphatic rings. The van der Waals surface area contributed by atoms with Gasteiger partial charge in [-0.1, -0.05) is 42.5 Å². The summed E-state index contributed by atoms with van der Waals surface area (Å²) in [6.45, 7) is 9.97. The molecule has 8 heteroatoms. The highest BCUT2D eigenvalue weighted by atomic mass is 16.6. The van der Waals surface area contributed by atoms with Crippen molar-refractivity contribution in [2.45, 2.75) is 77.3 Å². The molecule has 0 unspecified atom stereocenters. The molecule has 5 rings (SSSR count). The SMILES string of the molecule is COc1ccccc1COCCCOc1ccc([C@H]2CCN(C(=O)OC(C)(C)C)C[C@@H]2OCc2ccc3c(c2)NCCC3)cc1. The Kier molecular flexibility index (Phi) is 11.2. The number of anilines is 1. The molecule has 2 atom stereocenters. The van der Waals surface area contributed by atoms with Gasteiger partial charge in [0.2, 0.25) is 0 Å². The Balaban J connectivity index is 1.16. The number of carbonyl (C=O) groups excluding carboxylic acids is 1. The number of hydrogen-bond donors (Lipinski definition) is 1. The average molecular weight is 617 g/mol. The van der Waals surface area contributed by atoms with Crippen LogP contribution in [0.5, 0.6) is 11.5 Å². The Labute approximate surface area is 268 Å². The number of piperidine rings is 1. The summed E-state index contributed by atoms with van der Waals surface area (Å²) in [5.41, 5.74) is 5.37. The summed E-state index contributed by atoms with van der Waals surface area (Å²) >= 11 is 0. The van der Waals surface area contributed by atoms with Crippen molar-refractivity contribution in [1.82, 2.24) is 4.90 Å². The number of likely N-dealkylation sites (tertiary alicyclic amines) is 1. The molecule has 3 aromatic rings. The lowest BCUT2D eigenvalue weighted by atomic mass is 9.87. The number of carbonyl (C=O) groups is 1. The fourth-order valence-electron chi connectivity index (χ4n) is 5.93. The third-order valence-corrected chi connectivity index (χ3v) is 8.25. The molecule has 2 heterocycles. The smallest absolute Gasteiger partial charge is 0.410 e. The van der Waals surface area contributed by atoms with Crippen molar-refractivity contribution in [3.05, 3.63) is 89.0 Å². The van der Waals surface area contributed by atoms with Crippen molar-refractivity contribution in [2.24, 2.45) is 0 Å². The van der Waals surface area contributed by atoms with Crippen LogP contribution >= 0.6 is 0 Å². The van der Waals surface area contributed by atoms with Crippen molar-refractivity contribution >= 4 is 11.8 Å². The summed E-state index contributed by atoms with van der Waals surface area (Å²) in [6.07, 6.45) is 3.39. The van der Waals surface area contributed by atoms with Crippen LogP contribution in [0, 0.1) is 0 Å². The number of benzene rings is 3. The number of ether oxygens (including phenoxy) is 5. The molecule has 1 N–H and O–H groups in total. The molecule has 3 aromatic carbocycles. The standard InChI is InChI=1S/C37H48N2O6/c1-37(2,3)45-36(40)39-20-18-32(35(24-39)44-25-27-12-13-29-10-7-19-38-33(29)23-27)28-14-16-31(17-15-28)43-22-8-21-42-26-30-9-5-6-11-34(30)41-4/h5-6,9,11-17,23,32,35,38H,7-8,10,18-22,24-26H2,1-4H3/t32-,35+/m1/s1. The van der Waals surface area contributed by atoms with Crippen molar-refractivity contribution in [1.29, 1.82) is 0 Å². The highest BCUT2D eigenvalue weighted by Crippen LogP contribution is 2.33. The quantitative estimate of drug-likeness (QED) is 0.213. The fourth-order valence-corrected chi connectivity index (χ4v) is 5.93. The lowest BCUT2D eigenvalue weighted by Crippen LogP contribution is -2.48. The van der Waals surface area contributed by atoms with Gasteiger partial charge in [-0.3, -0.25) is 0 Å². The van der Waals surface area contributed by atoms with Crippen molar-refractivity contribution < 1.29 is 28.5 Å². The van der Waals surface area contributed by atoms with Gasteiger partial charge in [0, 0.05) is 36.7 Å². The first-order valence-corrected chi connectivity index (χ1v) is 16.2. The first-order valence-electron chi connectivity index (χ1n) is 16.2. The molecule has 0 aliphatic carbocycles. The van der Waals surface area contributed by atoms with E-state index < -0.39 is 5.60 Å². The van der Waals surface area contributed by atoms with Gasteiger partial charge in [0.1, 0.15) is 17.1 Å². The monoisotopic (exact) mass is 616 g/mol. The highest BCUT2D eigenvalue weighted by molar-refractivity contribution is 5.68. The molecule has 1 fully saturated rings. The second kappa shape index (κ2) is 15.5. The first-order chi connectivity index (χ1) is 21.8. The van der Waals surface area contributed by atoms with Crippen LogP contribution in [-0.4, -0.2) is 62.7 Å². The maximum absolute atomic E-state index is 13.0. The third-order valence-electron chi connectivity index (χ3n) is 8.25. The minimum absolute atomic E-state index is 0.150. The molecule has 45 heavy (non-hydrogen) atoms. The third kappa shape index (κ3) is 9.38. The average Bonchev–Trinajstić information content (AvgIpc) is 3.05. The molecule has 0 bridgehead atoms. The Hall–Kier alpha value is -3.75. The normalized spacial score (nSPS) is 18.1.